The molecule has 0 atom stereocenters. The van der Waals surface area contributed by atoms with Crippen LogP contribution in [0.4, 0.5) is 0 Å². The summed E-state index contributed by atoms with van der Waals surface area (Å²) in [7, 11) is 0. The highest BCUT2D eigenvalue weighted by Gasteiger charge is 2.18. The van der Waals surface area contributed by atoms with Crippen molar-refractivity contribution in [1.29, 1.82) is 0 Å². The molecule has 0 saturated heterocycles. The molecule has 0 saturated carbocycles. The Kier molecular flexibility index (Phi) is 4.04. The maximum atomic E-state index is 11.0. The van der Waals surface area contributed by atoms with Gasteiger partial charge in [0.15, 0.2) is 6.29 Å². The summed E-state index contributed by atoms with van der Waals surface area (Å²) in [5.41, 5.74) is 2.35. The number of halogens is 2. The van der Waals surface area contributed by atoms with Gasteiger partial charge in [0, 0.05) is 17.0 Å². The molecule has 0 aliphatic carbocycles. The molecule has 2 aromatic rings. The highest BCUT2D eigenvalue weighted by molar-refractivity contribution is 6.32. The first-order valence-electron chi connectivity index (χ1n) is 6.49. The molecule has 0 spiro atoms. The number of para-hydroxylation sites is 1. The smallest absolute Gasteiger partial charge is 0.153 e. The highest BCUT2D eigenvalue weighted by Crippen LogP contribution is 2.35. The van der Waals surface area contributed by atoms with Crippen molar-refractivity contribution in [1.82, 2.24) is 0 Å². The molecule has 2 aromatic carbocycles. The van der Waals surface area contributed by atoms with Gasteiger partial charge in [-0.3, -0.25) is 4.79 Å². The van der Waals surface area contributed by atoms with E-state index in [9.17, 15) is 4.79 Å². The number of carbonyl (C=O) groups is 1. The third-order valence-electron chi connectivity index (χ3n) is 3.32. The summed E-state index contributed by atoms with van der Waals surface area (Å²) >= 11 is 12.2. The summed E-state index contributed by atoms with van der Waals surface area (Å²) < 4.78 is 11.3. The van der Waals surface area contributed by atoms with Crippen molar-refractivity contribution >= 4 is 29.5 Å². The van der Waals surface area contributed by atoms with Crippen molar-refractivity contribution in [3.05, 3.63) is 57.1 Å². The van der Waals surface area contributed by atoms with Gasteiger partial charge in [0.05, 0.1) is 17.2 Å². The average molecular weight is 323 g/mol. The van der Waals surface area contributed by atoms with Crippen LogP contribution in [0.2, 0.25) is 10.0 Å². The zero-order chi connectivity index (χ0) is 14.8. The van der Waals surface area contributed by atoms with Gasteiger partial charge in [0.2, 0.25) is 0 Å². The summed E-state index contributed by atoms with van der Waals surface area (Å²) in [6.45, 7) is 0.891. The van der Waals surface area contributed by atoms with Crippen molar-refractivity contribution < 1.29 is 14.3 Å². The van der Waals surface area contributed by atoms with Gasteiger partial charge in [0.25, 0.3) is 0 Å². The maximum Gasteiger partial charge on any atom is 0.153 e. The predicted octanol–water partition coefficient (Wildman–Crippen LogP) is 4.32. The third kappa shape index (κ3) is 2.85. The number of hydrogen-bond acceptors (Lipinski definition) is 3. The van der Waals surface area contributed by atoms with Gasteiger partial charge in [-0.05, 0) is 29.8 Å². The zero-order valence-corrected chi connectivity index (χ0v) is 12.6. The Bertz CT molecular complexity index is 698. The first-order chi connectivity index (χ1) is 10.2. The van der Waals surface area contributed by atoms with Crippen LogP contribution in [0.25, 0.3) is 0 Å². The van der Waals surface area contributed by atoms with Crippen molar-refractivity contribution in [2.45, 2.75) is 13.0 Å². The lowest BCUT2D eigenvalue weighted by molar-refractivity contribution is 0.111. The van der Waals surface area contributed by atoms with Crippen LogP contribution in [0.5, 0.6) is 11.5 Å². The molecular formula is C16H12Cl2O3. The Balaban J connectivity index is 1.88. The molecule has 0 radical (unpaired) electrons. The zero-order valence-electron chi connectivity index (χ0n) is 11.1. The number of hydrogen-bond donors (Lipinski definition) is 0. The second-order valence-corrected chi connectivity index (χ2v) is 5.56. The minimum Gasteiger partial charge on any atom is -0.493 e. The fourth-order valence-corrected chi connectivity index (χ4v) is 2.87. The second-order valence-electron chi connectivity index (χ2n) is 4.72. The fraction of sp³-hybridized carbons (Fsp3) is 0.188. The Morgan fingerprint density at radius 1 is 1.29 bits per heavy atom. The topological polar surface area (TPSA) is 35.5 Å². The molecule has 0 bridgehead atoms. The predicted molar refractivity (Wildman–Crippen MR) is 81.8 cm³/mol. The molecule has 1 heterocycles. The Hall–Kier alpha value is -1.71. The molecule has 5 heteroatoms. The van der Waals surface area contributed by atoms with Crippen LogP contribution in [-0.2, 0) is 13.0 Å². The van der Waals surface area contributed by atoms with Crippen LogP contribution in [0.1, 0.15) is 21.5 Å². The molecule has 0 N–H and O–H groups in total. The molecular weight excluding hydrogens is 311 g/mol. The van der Waals surface area contributed by atoms with Crippen molar-refractivity contribution in [3.8, 4) is 11.5 Å². The van der Waals surface area contributed by atoms with Crippen LogP contribution < -0.4 is 9.47 Å². The van der Waals surface area contributed by atoms with Gasteiger partial charge in [-0.25, -0.2) is 0 Å². The third-order valence-corrected chi connectivity index (χ3v) is 3.84. The number of carbonyl (C=O) groups excluding carboxylic acids is 1. The molecule has 1 aliphatic rings. The Morgan fingerprint density at radius 2 is 2.14 bits per heavy atom. The Morgan fingerprint density at radius 3 is 2.95 bits per heavy atom. The van der Waals surface area contributed by atoms with Gasteiger partial charge in [-0.2, -0.15) is 0 Å². The van der Waals surface area contributed by atoms with Crippen molar-refractivity contribution in [3.63, 3.8) is 0 Å². The SMILES string of the molecule is O=Cc1cccc(Cl)c1OCc1cc(Cl)cc2c1OCC2. The molecule has 0 amide bonds. The first-order valence-corrected chi connectivity index (χ1v) is 7.25. The van der Waals surface area contributed by atoms with Crippen LogP contribution >= 0.6 is 23.2 Å². The Labute approximate surface area is 132 Å². The van der Waals surface area contributed by atoms with Gasteiger partial charge in [-0.15, -0.1) is 0 Å². The molecule has 0 unspecified atom stereocenters. The van der Waals surface area contributed by atoms with Gasteiger partial charge < -0.3 is 9.47 Å². The summed E-state index contributed by atoms with van der Waals surface area (Å²) in [6, 6.07) is 8.76. The van der Waals surface area contributed by atoms with Gasteiger partial charge >= 0.3 is 0 Å². The monoisotopic (exact) mass is 322 g/mol. The second kappa shape index (κ2) is 5.96. The maximum absolute atomic E-state index is 11.0. The summed E-state index contributed by atoms with van der Waals surface area (Å²) in [5, 5.41) is 1.05. The van der Waals surface area contributed by atoms with E-state index in [4.69, 9.17) is 32.7 Å². The van der Waals surface area contributed by atoms with Gasteiger partial charge in [0.1, 0.15) is 18.1 Å². The van der Waals surface area contributed by atoms with E-state index in [2.05, 4.69) is 0 Å². The van der Waals surface area contributed by atoms with E-state index in [1.165, 1.54) is 0 Å². The number of ether oxygens (including phenoxy) is 2. The molecule has 21 heavy (non-hydrogen) atoms. The number of aldehydes is 1. The lowest BCUT2D eigenvalue weighted by Crippen LogP contribution is -2.01. The van der Waals surface area contributed by atoms with E-state index < -0.39 is 0 Å². The molecule has 108 valence electrons. The van der Waals surface area contributed by atoms with E-state index in [1.807, 2.05) is 12.1 Å². The van der Waals surface area contributed by atoms with E-state index in [0.717, 1.165) is 29.6 Å². The van der Waals surface area contributed by atoms with E-state index in [1.54, 1.807) is 18.2 Å². The van der Waals surface area contributed by atoms with E-state index in [-0.39, 0.29) is 6.61 Å². The van der Waals surface area contributed by atoms with Crippen LogP contribution in [0.3, 0.4) is 0 Å². The number of fused-ring (bicyclic) bond motifs is 1. The van der Waals surface area contributed by atoms with Crippen LogP contribution in [0, 0.1) is 0 Å². The molecule has 3 rings (SSSR count). The highest BCUT2D eigenvalue weighted by atomic mass is 35.5. The number of rotatable bonds is 4. The lowest BCUT2D eigenvalue weighted by atomic mass is 10.1. The first kappa shape index (κ1) is 14.2. The van der Waals surface area contributed by atoms with Gasteiger partial charge in [-0.1, -0.05) is 29.3 Å². The minimum absolute atomic E-state index is 0.244. The standard InChI is InChI=1S/C16H12Cl2O3/c17-13-6-10-4-5-20-15(10)12(7-13)9-21-16-11(8-19)2-1-3-14(16)18/h1-3,6-8H,4-5,9H2. The minimum atomic E-state index is 0.244. The molecule has 0 aromatic heterocycles. The van der Waals surface area contributed by atoms with E-state index in [0.29, 0.717) is 28.0 Å². The average Bonchev–Trinajstić information content (AvgIpc) is 2.93. The summed E-state index contributed by atoms with van der Waals surface area (Å²) in [6.07, 6.45) is 1.56. The lowest BCUT2D eigenvalue weighted by Gasteiger charge is -2.13. The largest absolute Gasteiger partial charge is 0.493 e. The summed E-state index contributed by atoms with van der Waals surface area (Å²) in [4.78, 5) is 11.0. The summed E-state index contributed by atoms with van der Waals surface area (Å²) in [5.74, 6) is 1.19. The van der Waals surface area contributed by atoms with Crippen molar-refractivity contribution in [2.75, 3.05) is 6.61 Å². The molecule has 0 fully saturated rings. The molecule has 3 nitrogen and oxygen atoms in total. The fourth-order valence-electron chi connectivity index (χ4n) is 2.37. The normalized spacial score (nSPS) is 12.7. The number of benzene rings is 2. The van der Waals surface area contributed by atoms with Crippen molar-refractivity contribution in [2.24, 2.45) is 0 Å². The molecule has 1 aliphatic heterocycles. The van der Waals surface area contributed by atoms with Crippen LogP contribution in [-0.4, -0.2) is 12.9 Å². The quantitative estimate of drug-likeness (QED) is 0.786. The van der Waals surface area contributed by atoms with E-state index >= 15 is 0 Å². The van der Waals surface area contributed by atoms with Crippen LogP contribution in [0.15, 0.2) is 30.3 Å².